The molecule has 0 radical (unpaired) electrons. The number of amides is 1. The first-order valence-electron chi connectivity index (χ1n) is 10.7. The number of nitrogens with two attached hydrogens (primary N) is 1. The molecule has 186 valence electrons. The number of fused-ring (bicyclic) bond motifs is 1. The van der Waals surface area contributed by atoms with Gasteiger partial charge in [-0.15, -0.1) is 0 Å². The molecule has 4 N–H and O–H groups in total. The van der Waals surface area contributed by atoms with Crippen molar-refractivity contribution in [2.45, 2.75) is 13.0 Å². The van der Waals surface area contributed by atoms with E-state index in [1.54, 1.807) is 67.6 Å². The molecule has 0 aliphatic rings. The molecule has 1 amide bonds. The molecule has 2 atom stereocenters. The van der Waals surface area contributed by atoms with Crippen molar-refractivity contribution < 1.29 is 18.3 Å². The van der Waals surface area contributed by atoms with E-state index in [-0.39, 0.29) is 17.3 Å². The molecule has 0 aliphatic heterocycles. The second-order valence-corrected chi connectivity index (χ2v) is 8.90. The summed E-state index contributed by atoms with van der Waals surface area (Å²) in [5, 5.41) is 6.11. The first-order chi connectivity index (χ1) is 17.3. The Morgan fingerprint density at radius 3 is 2.50 bits per heavy atom. The van der Waals surface area contributed by atoms with Crippen LogP contribution in [0.1, 0.15) is 6.92 Å². The van der Waals surface area contributed by atoms with Crippen LogP contribution in [0.5, 0.6) is 5.75 Å². The Kier molecular flexibility index (Phi) is 7.65. The van der Waals surface area contributed by atoms with Crippen LogP contribution in [0, 0.1) is 0 Å². The molecular formula is C24H22ClN6O4S-. The standard InChI is InChI=1S/C24H23ClN6O4S/c1-14(26)24(32)27-15-6-5-7-16(12-15)31(36(33)34)23-22(28-19-8-3-4-9-20(19)30-23)29-21-13-17(35-2)10-11-18(21)25/h3-14H,26H2,1-2H3,(H,27,32)(H,28,29)(H,33,34)/p-1/t14-/m0/s1. The number of carbonyl (C=O) groups is 1. The van der Waals surface area contributed by atoms with Crippen molar-refractivity contribution in [3.05, 3.63) is 71.8 Å². The van der Waals surface area contributed by atoms with Gasteiger partial charge in [0, 0.05) is 11.8 Å². The number of methoxy groups -OCH3 is 1. The molecular weight excluding hydrogens is 504 g/mol. The van der Waals surface area contributed by atoms with Gasteiger partial charge in [-0.3, -0.25) is 13.3 Å². The first-order valence-corrected chi connectivity index (χ1v) is 12.1. The number of ether oxygens (including phenoxy) is 1. The van der Waals surface area contributed by atoms with Crippen LogP contribution in [0.3, 0.4) is 0 Å². The number of hydrogen-bond acceptors (Lipinski definition) is 8. The number of anilines is 5. The minimum absolute atomic E-state index is 0.00316. The van der Waals surface area contributed by atoms with Gasteiger partial charge in [0.2, 0.25) is 5.91 Å². The van der Waals surface area contributed by atoms with Gasteiger partial charge < -0.3 is 25.7 Å². The summed E-state index contributed by atoms with van der Waals surface area (Å²) >= 11 is 3.56. The predicted octanol–water partition coefficient (Wildman–Crippen LogP) is 4.25. The van der Waals surface area contributed by atoms with Crippen LogP contribution < -0.4 is 25.4 Å². The summed E-state index contributed by atoms with van der Waals surface area (Å²) in [4.78, 5) is 21.3. The fourth-order valence-corrected chi connectivity index (χ4v) is 4.03. The highest BCUT2D eigenvalue weighted by Crippen LogP contribution is 2.37. The zero-order valence-corrected chi connectivity index (χ0v) is 20.8. The highest BCUT2D eigenvalue weighted by Gasteiger charge is 2.21. The van der Waals surface area contributed by atoms with Crippen molar-refractivity contribution in [3.8, 4) is 5.75 Å². The van der Waals surface area contributed by atoms with E-state index in [4.69, 9.17) is 22.1 Å². The van der Waals surface area contributed by atoms with Gasteiger partial charge in [-0.25, -0.2) is 9.97 Å². The van der Waals surface area contributed by atoms with E-state index in [2.05, 4.69) is 20.6 Å². The number of benzene rings is 3. The van der Waals surface area contributed by atoms with E-state index in [9.17, 15) is 13.6 Å². The second-order valence-electron chi connectivity index (χ2n) is 7.70. The number of rotatable bonds is 8. The number of carbonyl (C=O) groups excluding carboxylic acids is 1. The summed E-state index contributed by atoms with van der Waals surface area (Å²) in [7, 11) is 1.52. The number of halogens is 1. The van der Waals surface area contributed by atoms with Gasteiger partial charge in [0.25, 0.3) is 0 Å². The van der Waals surface area contributed by atoms with Crippen molar-refractivity contribution in [2.75, 3.05) is 22.0 Å². The molecule has 0 saturated heterocycles. The Bertz CT molecular complexity index is 1450. The molecule has 0 bridgehead atoms. The van der Waals surface area contributed by atoms with E-state index in [1.165, 1.54) is 13.2 Å². The second kappa shape index (κ2) is 10.9. The number of hydrogen-bond donors (Lipinski definition) is 3. The fourth-order valence-electron chi connectivity index (χ4n) is 3.32. The molecule has 0 aliphatic carbocycles. The summed E-state index contributed by atoms with van der Waals surface area (Å²) in [5.41, 5.74) is 7.67. The molecule has 10 nitrogen and oxygen atoms in total. The quantitative estimate of drug-likeness (QED) is 0.289. The third-order valence-electron chi connectivity index (χ3n) is 5.08. The topological polar surface area (TPSA) is 146 Å². The third kappa shape index (κ3) is 5.55. The maximum absolute atomic E-state index is 12.5. The predicted molar refractivity (Wildman–Crippen MR) is 141 cm³/mol. The lowest BCUT2D eigenvalue weighted by atomic mass is 10.2. The van der Waals surface area contributed by atoms with Crippen molar-refractivity contribution in [1.82, 2.24) is 9.97 Å². The molecule has 0 saturated carbocycles. The van der Waals surface area contributed by atoms with E-state index >= 15 is 0 Å². The Morgan fingerprint density at radius 2 is 1.83 bits per heavy atom. The number of nitrogens with zero attached hydrogens (tertiary/aromatic N) is 3. The van der Waals surface area contributed by atoms with Gasteiger partial charge in [-0.1, -0.05) is 29.8 Å². The summed E-state index contributed by atoms with van der Waals surface area (Å²) in [6.45, 7) is 1.55. The Balaban J connectivity index is 1.85. The lowest BCUT2D eigenvalue weighted by Crippen LogP contribution is -2.32. The van der Waals surface area contributed by atoms with Crippen LogP contribution in [0.2, 0.25) is 5.02 Å². The maximum atomic E-state index is 12.5. The Labute approximate surface area is 214 Å². The summed E-state index contributed by atoms with van der Waals surface area (Å²) in [5.74, 6) is 0.260. The average molecular weight is 526 g/mol. The molecule has 4 rings (SSSR count). The van der Waals surface area contributed by atoms with Gasteiger partial charge in [0.1, 0.15) is 5.75 Å². The van der Waals surface area contributed by atoms with Crippen molar-refractivity contribution in [1.29, 1.82) is 0 Å². The van der Waals surface area contributed by atoms with Crippen molar-refractivity contribution in [3.63, 3.8) is 0 Å². The molecule has 1 aromatic heterocycles. The fraction of sp³-hybridized carbons (Fsp3) is 0.125. The zero-order valence-electron chi connectivity index (χ0n) is 19.3. The van der Waals surface area contributed by atoms with Crippen molar-refractivity contribution >= 4 is 68.5 Å². The third-order valence-corrected chi connectivity index (χ3v) is 6.09. The van der Waals surface area contributed by atoms with Crippen LogP contribution >= 0.6 is 11.6 Å². The largest absolute Gasteiger partial charge is 0.755 e. The first kappa shape index (κ1) is 25.3. The monoisotopic (exact) mass is 525 g/mol. The van der Waals surface area contributed by atoms with E-state index in [1.807, 2.05) is 0 Å². The minimum Gasteiger partial charge on any atom is -0.755 e. The SMILES string of the molecule is COc1ccc(Cl)c(Nc2nc3ccccc3nc2N(c2cccc(NC(=O)[C@H](C)N)c2)S(=O)[O-])c1. The van der Waals surface area contributed by atoms with Gasteiger partial charge in [-0.2, -0.15) is 0 Å². The summed E-state index contributed by atoms with van der Waals surface area (Å²) in [6.07, 6.45) is 0. The maximum Gasteiger partial charge on any atom is 0.240 e. The van der Waals surface area contributed by atoms with Crippen LogP contribution in [0.25, 0.3) is 11.0 Å². The van der Waals surface area contributed by atoms with Gasteiger partial charge in [0.05, 0.1) is 51.8 Å². The molecule has 0 fully saturated rings. The summed E-state index contributed by atoms with van der Waals surface area (Å²) < 4.78 is 31.3. The molecule has 1 heterocycles. The van der Waals surface area contributed by atoms with E-state index in [0.717, 1.165) is 4.31 Å². The van der Waals surface area contributed by atoms with E-state index in [0.29, 0.717) is 33.2 Å². The molecule has 1 unspecified atom stereocenters. The molecule has 36 heavy (non-hydrogen) atoms. The minimum atomic E-state index is -2.81. The average Bonchev–Trinajstić information content (AvgIpc) is 2.85. The zero-order chi connectivity index (χ0) is 25.8. The van der Waals surface area contributed by atoms with Gasteiger partial charge in [-0.05, 0) is 49.4 Å². The van der Waals surface area contributed by atoms with E-state index < -0.39 is 23.2 Å². The van der Waals surface area contributed by atoms with Gasteiger partial charge in [0.15, 0.2) is 11.6 Å². The number of para-hydroxylation sites is 2. The van der Waals surface area contributed by atoms with Crippen molar-refractivity contribution in [2.24, 2.45) is 5.73 Å². The number of aromatic nitrogens is 2. The Hall–Kier alpha value is -3.77. The lowest BCUT2D eigenvalue weighted by molar-refractivity contribution is -0.117. The molecule has 0 spiro atoms. The molecule has 3 aromatic carbocycles. The van der Waals surface area contributed by atoms with Crippen LogP contribution in [-0.2, 0) is 16.1 Å². The Morgan fingerprint density at radius 1 is 1.11 bits per heavy atom. The van der Waals surface area contributed by atoms with Crippen LogP contribution in [0.4, 0.5) is 28.7 Å². The lowest BCUT2D eigenvalue weighted by Gasteiger charge is -2.27. The van der Waals surface area contributed by atoms with Crippen LogP contribution in [0.15, 0.2) is 66.7 Å². The smallest absolute Gasteiger partial charge is 0.240 e. The van der Waals surface area contributed by atoms with Gasteiger partial charge >= 0.3 is 0 Å². The normalized spacial score (nSPS) is 12.6. The molecule has 4 aromatic rings. The number of nitrogens with one attached hydrogen (secondary N) is 2. The summed E-state index contributed by atoms with van der Waals surface area (Å²) in [6, 6.07) is 17.6. The highest BCUT2D eigenvalue weighted by atomic mass is 35.5. The van der Waals surface area contributed by atoms with Crippen LogP contribution in [-0.4, -0.2) is 37.8 Å². The molecule has 12 heteroatoms. The highest BCUT2D eigenvalue weighted by molar-refractivity contribution is 7.81.